The zero-order valence-electron chi connectivity index (χ0n) is 11.0. The number of ketones is 3. The highest BCUT2D eigenvalue weighted by molar-refractivity contribution is 6.53. The summed E-state index contributed by atoms with van der Waals surface area (Å²) in [6.07, 6.45) is 0. The van der Waals surface area contributed by atoms with Gasteiger partial charge in [-0.05, 0) is 20.8 Å². The van der Waals surface area contributed by atoms with Gasteiger partial charge < -0.3 is 5.11 Å². The smallest absolute Gasteiger partial charge is 0.234 e. The van der Waals surface area contributed by atoms with E-state index >= 15 is 0 Å². The van der Waals surface area contributed by atoms with Crippen molar-refractivity contribution in [3.8, 4) is 0 Å². The molecule has 1 aliphatic carbocycles. The maximum atomic E-state index is 12.1. The number of benzene rings is 1. The van der Waals surface area contributed by atoms with Crippen molar-refractivity contribution in [3.05, 3.63) is 41.0 Å². The Kier molecular flexibility index (Phi) is 2.89. The molecule has 0 saturated heterocycles. The fourth-order valence-electron chi connectivity index (χ4n) is 2.12. The van der Waals surface area contributed by atoms with Crippen molar-refractivity contribution < 1.29 is 19.5 Å². The standard InChI is InChI=1S/C15H14O4/c1-8(16)15(2,3)11-12(17)9-6-4-5-7-10(9)13(18)14(11)19/h4-7,17H,1-3H3. The molecule has 1 aromatic carbocycles. The van der Waals surface area contributed by atoms with Crippen molar-refractivity contribution in [3.63, 3.8) is 0 Å². The van der Waals surface area contributed by atoms with E-state index in [9.17, 15) is 19.5 Å². The Morgan fingerprint density at radius 1 is 1.05 bits per heavy atom. The second kappa shape index (κ2) is 4.16. The molecule has 0 saturated carbocycles. The van der Waals surface area contributed by atoms with Crippen LogP contribution in [0.4, 0.5) is 0 Å². The molecule has 0 amide bonds. The van der Waals surface area contributed by atoms with Gasteiger partial charge in [0, 0.05) is 11.1 Å². The minimum atomic E-state index is -1.19. The first-order valence-corrected chi connectivity index (χ1v) is 5.91. The number of aliphatic hydroxyl groups excluding tert-OH is 1. The largest absolute Gasteiger partial charge is 0.507 e. The van der Waals surface area contributed by atoms with E-state index in [4.69, 9.17) is 0 Å². The van der Waals surface area contributed by atoms with Gasteiger partial charge in [0.05, 0.1) is 11.0 Å². The molecule has 1 aromatic rings. The number of fused-ring (bicyclic) bond motifs is 1. The minimum Gasteiger partial charge on any atom is -0.507 e. The van der Waals surface area contributed by atoms with Gasteiger partial charge in [-0.3, -0.25) is 14.4 Å². The van der Waals surface area contributed by atoms with E-state index in [0.717, 1.165) is 0 Å². The number of carbonyl (C=O) groups is 3. The normalized spacial score (nSPS) is 15.5. The number of rotatable bonds is 2. The predicted molar refractivity (Wildman–Crippen MR) is 69.8 cm³/mol. The van der Waals surface area contributed by atoms with Crippen LogP contribution in [0.15, 0.2) is 29.8 Å². The summed E-state index contributed by atoms with van der Waals surface area (Å²) in [5.41, 5.74) is -0.835. The van der Waals surface area contributed by atoms with Gasteiger partial charge in [-0.15, -0.1) is 0 Å². The van der Waals surface area contributed by atoms with Crippen molar-refractivity contribution in [1.82, 2.24) is 0 Å². The first kappa shape index (κ1) is 13.2. The van der Waals surface area contributed by atoms with Crippen LogP contribution in [0.3, 0.4) is 0 Å². The van der Waals surface area contributed by atoms with Crippen LogP contribution < -0.4 is 0 Å². The van der Waals surface area contributed by atoms with E-state index in [1.807, 2.05) is 0 Å². The van der Waals surface area contributed by atoms with Gasteiger partial charge in [-0.1, -0.05) is 24.3 Å². The molecule has 4 heteroatoms. The number of hydrogen-bond donors (Lipinski definition) is 1. The van der Waals surface area contributed by atoms with E-state index < -0.39 is 17.0 Å². The summed E-state index contributed by atoms with van der Waals surface area (Å²) in [5, 5.41) is 10.2. The summed E-state index contributed by atoms with van der Waals surface area (Å²) < 4.78 is 0. The fourth-order valence-corrected chi connectivity index (χ4v) is 2.12. The molecule has 0 unspecified atom stereocenters. The van der Waals surface area contributed by atoms with Crippen molar-refractivity contribution in [1.29, 1.82) is 0 Å². The molecule has 0 aromatic heterocycles. The molecule has 1 N–H and O–H groups in total. The molecule has 4 nitrogen and oxygen atoms in total. The van der Waals surface area contributed by atoms with Crippen molar-refractivity contribution in [2.24, 2.45) is 5.41 Å². The van der Waals surface area contributed by atoms with E-state index in [1.54, 1.807) is 18.2 Å². The van der Waals surface area contributed by atoms with Gasteiger partial charge in [0.25, 0.3) is 0 Å². The summed E-state index contributed by atoms with van der Waals surface area (Å²) >= 11 is 0. The number of carbonyl (C=O) groups excluding carboxylic acids is 3. The lowest BCUT2D eigenvalue weighted by Gasteiger charge is -2.28. The summed E-state index contributed by atoms with van der Waals surface area (Å²) in [4.78, 5) is 35.8. The van der Waals surface area contributed by atoms with Crippen LogP contribution in [0.2, 0.25) is 0 Å². The summed E-state index contributed by atoms with van der Waals surface area (Å²) in [6.45, 7) is 4.39. The average Bonchev–Trinajstić information content (AvgIpc) is 2.36. The van der Waals surface area contributed by atoms with Gasteiger partial charge in [-0.2, -0.15) is 0 Å². The summed E-state index contributed by atoms with van der Waals surface area (Å²) in [7, 11) is 0. The van der Waals surface area contributed by atoms with Gasteiger partial charge in [0.15, 0.2) is 0 Å². The maximum absolute atomic E-state index is 12.1. The van der Waals surface area contributed by atoms with Crippen LogP contribution in [-0.2, 0) is 9.59 Å². The summed E-state index contributed by atoms with van der Waals surface area (Å²) in [6, 6.07) is 6.34. The molecule has 0 aliphatic heterocycles. The molecule has 2 rings (SSSR count). The summed E-state index contributed by atoms with van der Waals surface area (Å²) in [5.74, 6) is -2.05. The number of allylic oxidation sites excluding steroid dienone is 1. The topological polar surface area (TPSA) is 71.4 Å². The Morgan fingerprint density at radius 2 is 1.58 bits per heavy atom. The van der Waals surface area contributed by atoms with Gasteiger partial charge in [0.2, 0.25) is 11.6 Å². The highest BCUT2D eigenvalue weighted by atomic mass is 16.3. The van der Waals surface area contributed by atoms with Crippen LogP contribution in [0.25, 0.3) is 5.76 Å². The third kappa shape index (κ3) is 1.80. The zero-order chi connectivity index (χ0) is 14.4. The molecule has 0 spiro atoms. The van der Waals surface area contributed by atoms with Gasteiger partial charge in [-0.25, -0.2) is 0 Å². The van der Waals surface area contributed by atoms with Crippen LogP contribution in [0, 0.1) is 5.41 Å². The predicted octanol–water partition coefficient (Wildman–Crippen LogP) is 2.34. The van der Waals surface area contributed by atoms with Crippen LogP contribution in [0.1, 0.15) is 36.7 Å². The first-order chi connectivity index (χ1) is 8.78. The molecule has 98 valence electrons. The molecule has 0 radical (unpaired) electrons. The fraction of sp³-hybridized carbons (Fsp3) is 0.267. The lowest BCUT2D eigenvalue weighted by molar-refractivity contribution is -0.125. The average molecular weight is 258 g/mol. The third-order valence-corrected chi connectivity index (χ3v) is 3.60. The number of hydrogen-bond acceptors (Lipinski definition) is 4. The quantitative estimate of drug-likeness (QED) is 0.826. The monoisotopic (exact) mass is 258 g/mol. The highest BCUT2D eigenvalue weighted by Gasteiger charge is 2.42. The maximum Gasteiger partial charge on any atom is 0.234 e. The number of aliphatic hydroxyl groups is 1. The van der Waals surface area contributed by atoms with Crippen molar-refractivity contribution in [2.75, 3.05) is 0 Å². The Bertz CT molecular complexity index is 635. The van der Waals surface area contributed by atoms with Crippen molar-refractivity contribution >= 4 is 23.1 Å². The van der Waals surface area contributed by atoms with Gasteiger partial charge >= 0.3 is 0 Å². The third-order valence-electron chi connectivity index (χ3n) is 3.60. The molecular weight excluding hydrogens is 244 g/mol. The lowest BCUT2D eigenvalue weighted by Crippen LogP contribution is -2.36. The van der Waals surface area contributed by atoms with E-state index in [-0.39, 0.29) is 22.7 Å². The van der Waals surface area contributed by atoms with Crippen LogP contribution in [-0.4, -0.2) is 22.5 Å². The molecule has 19 heavy (non-hydrogen) atoms. The van der Waals surface area contributed by atoms with E-state index in [1.165, 1.54) is 26.8 Å². The van der Waals surface area contributed by atoms with Crippen LogP contribution >= 0.6 is 0 Å². The first-order valence-electron chi connectivity index (χ1n) is 5.91. The van der Waals surface area contributed by atoms with Crippen molar-refractivity contribution in [2.45, 2.75) is 20.8 Å². The Morgan fingerprint density at radius 3 is 2.11 bits per heavy atom. The Balaban J connectivity index is 2.78. The Hall–Kier alpha value is -2.23. The highest BCUT2D eigenvalue weighted by Crippen LogP contribution is 2.38. The molecule has 0 atom stereocenters. The number of Topliss-reactive ketones (excluding diaryl/α,β-unsaturated/α-hetero) is 3. The van der Waals surface area contributed by atoms with E-state index in [2.05, 4.69) is 0 Å². The molecule has 0 fully saturated rings. The minimum absolute atomic E-state index is 0.122. The molecule has 1 aliphatic rings. The zero-order valence-corrected chi connectivity index (χ0v) is 11.0. The lowest BCUT2D eigenvalue weighted by atomic mass is 9.73. The molecule has 0 heterocycles. The van der Waals surface area contributed by atoms with E-state index in [0.29, 0.717) is 5.56 Å². The van der Waals surface area contributed by atoms with Gasteiger partial charge in [0.1, 0.15) is 11.5 Å². The second-order valence-electron chi connectivity index (χ2n) is 5.11. The SMILES string of the molecule is CC(=O)C(C)(C)C1=C(O)c2ccccc2C(=O)C1=O. The molecular formula is C15H14O4. The Labute approximate surface area is 110 Å². The molecule has 0 bridgehead atoms. The van der Waals surface area contributed by atoms with Crippen LogP contribution in [0.5, 0.6) is 0 Å². The second-order valence-corrected chi connectivity index (χ2v) is 5.11.